The van der Waals surface area contributed by atoms with E-state index in [9.17, 15) is 20.1 Å². The molecule has 0 saturated heterocycles. The molecule has 23 heavy (non-hydrogen) atoms. The van der Waals surface area contributed by atoms with Crippen LogP contribution in [0, 0.1) is 5.92 Å². The van der Waals surface area contributed by atoms with Crippen molar-refractivity contribution in [2.45, 2.75) is 17.6 Å². The van der Waals surface area contributed by atoms with E-state index >= 15 is 0 Å². The Hall–Kier alpha value is -2.37. The Labute approximate surface area is 132 Å². The SMILES string of the molecule is COC(=O)C1CC2(O)c3ccccc3C1(O)c1cccc(O)c12. The molecule has 0 spiro atoms. The first-order valence-electron chi connectivity index (χ1n) is 7.40. The fourth-order valence-electron chi connectivity index (χ4n) is 4.17. The highest BCUT2D eigenvalue weighted by Crippen LogP contribution is 2.61. The van der Waals surface area contributed by atoms with Crippen molar-refractivity contribution < 1.29 is 24.9 Å². The van der Waals surface area contributed by atoms with Crippen LogP contribution < -0.4 is 0 Å². The predicted molar refractivity (Wildman–Crippen MR) is 80.7 cm³/mol. The zero-order valence-electron chi connectivity index (χ0n) is 12.5. The van der Waals surface area contributed by atoms with Crippen molar-refractivity contribution >= 4 is 5.97 Å². The largest absolute Gasteiger partial charge is 0.508 e. The minimum atomic E-state index is -1.64. The van der Waals surface area contributed by atoms with Crippen LogP contribution in [0.1, 0.15) is 28.7 Å². The first kappa shape index (κ1) is 14.2. The quantitative estimate of drug-likeness (QED) is 0.692. The van der Waals surface area contributed by atoms with E-state index in [4.69, 9.17) is 4.74 Å². The molecule has 3 unspecified atom stereocenters. The number of aliphatic hydroxyl groups is 2. The molecular formula is C18H16O5. The van der Waals surface area contributed by atoms with E-state index in [-0.39, 0.29) is 17.7 Å². The second-order valence-electron chi connectivity index (χ2n) is 6.15. The molecule has 3 atom stereocenters. The zero-order chi connectivity index (χ0) is 16.4. The second-order valence-corrected chi connectivity index (χ2v) is 6.15. The van der Waals surface area contributed by atoms with E-state index in [1.807, 2.05) is 0 Å². The number of fused-ring (bicyclic) bond motifs is 1. The smallest absolute Gasteiger partial charge is 0.312 e. The lowest BCUT2D eigenvalue weighted by atomic mass is 9.54. The van der Waals surface area contributed by atoms with Gasteiger partial charge in [-0.1, -0.05) is 36.4 Å². The fraction of sp³-hybridized carbons (Fsp3) is 0.278. The average molecular weight is 312 g/mol. The Morgan fingerprint density at radius 2 is 1.74 bits per heavy atom. The van der Waals surface area contributed by atoms with Gasteiger partial charge in [0.05, 0.1) is 13.0 Å². The van der Waals surface area contributed by atoms with Crippen molar-refractivity contribution in [3.8, 4) is 5.75 Å². The number of phenols is 1. The van der Waals surface area contributed by atoms with Gasteiger partial charge in [-0.05, 0) is 22.8 Å². The summed E-state index contributed by atoms with van der Waals surface area (Å²) in [6, 6.07) is 11.6. The number of carbonyl (C=O) groups is 1. The summed E-state index contributed by atoms with van der Waals surface area (Å²) >= 11 is 0. The van der Waals surface area contributed by atoms with Crippen LogP contribution in [0.25, 0.3) is 0 Å². The van der Waals surface area contributed by atoms with E-state index in [2.05, 4.69) is 0 Å². The van der Waals surface area contributed by atoms with Crippen molar-refractivity contribution in [3.63, 3.8) is 0 Å². The van der Waals surface area contributed by atoms with Gasteiger partial charge >= 0.3 is 5.97 Å². The van der Waals surface area contributed by atoms with E-state index in [1.54, 1.807) is 36.4 Å². The highest BCUT2D eigenvalue weighted by Gasteiger charge is 2.63. The fourth-order valence-corrected chi connectivity index (χ4v) is 4.17. The third kappa shape index (κ3) is 1.51. The van der Waals surface area contributed by atoms with Crippen LogP contribution in [-0.4, -0.2) is 28.4 Å². The van der Waals surface area contributed by atoms with Gasteiger partial charge in [-0.3, -0.25) is 4.79 Å². The van der Waals surface area contributed by atoms with Gasteiger partial charge in [-0.25, -0.2) is 0 Å². The number of hydrogen-bond acceptors (Lipinski definition) is 5. The van der Waals surface area contributed by atoms with Gasteiger partial charge in [-0.2, -0.15) is 0 Å². The molecule has 0 aromatic heterocycles. The number of ether oxygens (including phenoxy) is 1. The molecular weight excluding hydrogens is 296 g/mol. The van der Waals surface area contributed by atoms with Gasteiger partial charge in [0.25, 0.3) is 0 Å². The number of benzene rings is 2. The molecule has 0 heterocycles. The summed E-state index contributed by atoms with van der Waals surface area (Å²) in [7, 11) is 1.26. The molecule has 0 saturated carbocycles. The number of phenolic OH excluding ortho intramolecular Hbond substituents is 1. The van der Waals surface area contributed by atoms with Crippen LogP contribution in [0.2, 0.25) is 0 Å². The molecule has 0 fully saturated rings. The van der Waals surface area contributed by atoms with Gasteiger partial charge in [0.15, 0.2) is 0 Å². The Morgan fingerprint density at radius 1 is 1.09 bits per heavy atom. The molecule has 118 valence electrons. The maximum atomic E-state index is 12.3. The number of esters is 1. The molecule has 3 N–H and O–H groups in total. The van der Waals surface area contributed by atoms with E-state index < -0.39 is 23.1 Å². The Kier molecular flexibility index (Phi) is 2.69. The highest BCUT2D eigenvalue weighted by atomic mass is 16.5. The summed E-state index contributed by atoms with van der Waals surface area (Å²) in [6.45, 7) is 0. The molecule has 0 aliphatic heterocycles. The highest BCUT2D eigenvalue weighted by molar-refractivity contribution is 5.79. The van der Waals surface area contributed by atoms with Crippen LogP contribution in [0.3, 0.4) is 0 Å². The van der Waals surface area contributed by atoms with Gasteiger partial charge in [-0.15, -0.1) is 0 Å². The third-order valence-corrected chi connectivity index (χ3v) is 5.14. The molecule has 5 rings (SSSR count). The van der Waals surface area contributed by atoms with Crippen LogP contribution in [0.4, 0.5) is 0 Å². The summed E-state index contributed by atoms with van der Waals surface area (Å²) in [5.41, 5.74) is -1.58. The predicted octanol–water partition coefficient (Wildman–Crippen LogP) is 1.37. The molecule has 3 aliphatic carbocycles. The molecule has 0 radical (unpaired) electrons. The van der Waals surface area contributed by atoms with Crippen LogP contribution in [-0.2, 0) is 20.7 Å². The summed E-state index contributed by atoms with van der Waals surface area (Å²) in [5.74, 6) is -1.63. The lowest BCUT2D eigenvalue weighted by molar-refractivity contribution is -0.164. The van der Waals surface area contributed by atoms with Gasteiger partial charge < -0.3 is 20.1 Å². The van der Waals surface area contributed by atoms with Crippen molar-refractivity contribution in [3.05, 3.63) is 64.7 Å². The number of hydrogen-bond donors (Lipinski definition) is 3. The normalized spacial score (nSPS) is 30.5. The number of aromatic hydroxyl groups is 1. The van der Waals surface area contributed by atoms with Crippen LogP contribution in [0.15, 0.2) is 42.5 Å². The molecule has 5 nitrogen and oxygen atoms in total. The van der Waals surface area contributed by atoms with Gasteiger partial charge in [0.2, 0.25) is 0 Å². The van der Waals surface area contributed by atoms with E-state index in [1.165, 1.54) is 13.2 Å². The maximum absolute atomic E-state index is 12.3. The standard InChI is InChI=1S/C18H16O5/c1-23-16(20)13-9-17(21)10-5-2-3-6-11(10)18(13,22)12-7-4-8-14(19)15(12)17/h2-8,13,19,21-22H,9H2,1H3. The number of carbonyl (C=O) groups excluding carboxylic acids is 1. The molecule has 0 amide bonds. The summed E-state index contributed by atoms with van der Waals surface area (Å²) in [6.07, 6.45) is -0.0439. The molecule has 5 heteroatoms. The van der Waals surface area contributed by atoms with E-state index in [0.29, 0.717) is 16.7 Å². The molecule has 3 aliphatic rings. The maximum Gasteiger partial charge on any atom is 0.312 e. The molecule has 2 aromatic carbocycles. The van der Waals surface area contributed by atoms with Crippen molar-refractivity contribution in [1.29, 1.82) is 0 Å². The monoisotopic (exact) mass is 312 g/mol. The first-order valence-corrected chi connectivity index (χ1v) is 7.40. The van der Waals surface area contributed by atoms with E-state index in [0.717, 1.165) is 0 Å². The van der Waals surface area contributed by atoms with Crippen LogP contribution >= 0.6 is 0 Å². The Bertz CT molecular complexity index is 830. The van der Waals surface area contributed by atoms with Crippen molar-refractivity contribution in [1.82, 2.24) is 0 Å². The van der Waals surface area contributed by atoms with Crippen molar-refractivity contribution in [2.75, 3.05) is 7.11 Å². The summed E-state index contributed by atoms with van der Waals surface area (Å²) in [5, 5.41) is 33.1. The minimum Gasteiger partial charge on any atom is -0.508 e. The first-order chi connectivity index (χ1) is 10.9. The average Bonchev–Trinajstić information content (AvgIpc) is 2.56. The Morgan fingerprint density at radius 3 is 2.43 bits per heavy atom. The summed E-state index contributed by atoms with van der Waals surface area (Å²) in [4.78, 5) is 12.3. The number of rotatable bonds is 1. The van der Waals surface area contributed by atoms with Gasteiger partial charge in [0.1, 0.15) is 17.0 Å². The van der Waals surface area contributed by atoms with Crippen LogP contribution in [0.5, 0.6) is 5.75 Å². The number of methoxy groups -OCH3 is 1. The minimum absolute atomic E-state index is 0.0439. The Balaban J connectivity index is 2.13. The lowest BCUT2D eigenvalue weighted by Crippen LogP contribution is -2.57. The topological polar surface area (TPSA) is 87.0 Å². The van der Waals surface area contributed by atoms with Gasteiger partial charge in [0, 0.05) is 12.0 Å². The third-order valence-electron chi connectivity index (χ3n) is 5.14. The second kappa shape index (κ2) is 4.34. The summed E-state index contributed by atoms with van der Waals surface area (Å²) < 4.78 is 4.84. The lowest BCUT2D eigenvalue weighted by Gasteiger charge is -2.53. The molecule has 2 bridgehead atoms. The zero-order valence-corrected chi connectivity index (χ0v) is 12.5. The molecule has 2 aromatic rings. The van der Waals surface area contributed by atoms with Crippen molar-refractivity contribution in [2.24, 2.45) is 5.92 Å².